The lowest BCUT2D eigenvalue weighted by Crippen LogP contribution is -2.27. The standard InChI is InChI=1S/C20H22ClFN6O3/c1-5-17(27-11(2)9-18(25-27)28(30)31)20(29)23-19-12(3)24-26(13(19)4)10-14-15(21)7-6-8-16(14)22/h6-9,17H,5,10H2,1-4H3,(H,23,29). The van der Waals surface area contributed by atoms with Crippen LogP contribution in [0.15, 0.2) is 24.3 Å². The van der Waals surface area contributed by atoms with Crippen molar-refractivity contribution < 1.29 is 14.1 Å². The second kappa shape index (κ2) is 8.84. The molecule has 2 aromatic heterocycles. The number of nitro groups is 1. The highest BCUT2D eigenvalue weighted by atomic mass is 35.5. The first kappa shape index (κ1) is 22.4. The van der Waals surface area contributed by atoms with E-state index < -0.39 is 16.8 Å². The van der Waals surface area contributed by atoms with Crippen LogP contribution < -0.4 is 5.32 Å². The summed E-state index contributed by atoms with van der Waals surface area (Å²) in [6.07, 6.45) is 0.378. The Balaban J connectivity index is 1.87. The molecular weight excluding hydrogens is 427 g/mol. The number of carbonyl (C=O) groups is 1. The van der Waals surface area contributed by atoms with Gasteiger partial charge in [0.25, 0.3) is 5.91 Å². The topological polar surface area (TPSA) is 108 Å². The molecule has 9 nitrogen and oxygen atoms in total. The first-order valence-electron chi connectivity index (χ1n) is 9.62. The summed E-state index contributed by atoms with van der Waals surface area (Å²) in [7, 11) is 0. The maximum atomic E-state index is 14.2. The van der Waals surface area contributed by atoms with E-state index in [2.05, 4.69) is 15.5 Å². The third kappa shape index (κ3) is 4.43. The molecule has 164 valence electrons. The number of halogens is 2. The summed E-state index contributed by atoms with van der Waals surface area (Å²) in [6, 6.07) is 5.04. The predicted molar refractivity (Wildman–Crippen MR) is 114 cm³/mol. The van der Waals surface area contributed by atoms with Gasteiger partial charge >= 0.3 is 5.82 Å². The number of anilines is 1. The average Bonchev–Trinajstić information content (AvgIpc) is 3.21. The van der Waals surface area contributed by atoms with Crippen molar-refractivity contribution >= 4 is 29.0 Å². The van der Waals surface area contributed by atoms with Crippen molar-refractivity contribution in [1.29, 1.82) is 0 Å². The van der Waals surface area contributed by atoms with Gasteiger partial charge in [-0.25, -0.2) is 4.39 Å². The number of amides is 1. The third-order valence-corrected chi connectivity index (χ3v) is 5.43. The minimum Gasteiger partial charge on any atom is -0.358 e. The molecule has 2 heterocycles. The molecule has 0 saturated heterocycles. The Morgan fingerprint density at radius 3 is 2.61 bits per heavy atom. The van der Waals surface area contributed by atoms with Gasteiger partial charge in [-0.1, -0.05) is 24.6 Å². The average molecular weight is 449 g/mol. The lowest BCUT2D eigenvalue weighted by atomic mass is 10.2. The molecule has 1 atom stereocenters. The molecule has 0 radical (unpaired) electrons. The van der Waals surface area contributed by atoms with Gasteiger partial charge in [0.1, 0.15) is 5.82 Å². The lowest BCUT2D eigenvalue weighted by Gasteiger charge is -2.15. The number of rotatable bonds is 7. The quantitative estimate of drug-likeness (QED) is 0.427. The fraction of sp³-hybridized carbons (Fsp3) is 0.350. The molecule has 3 aromatic rings. The van der Waals surface area contributed by atoms with Gasteiger partial charge in [-0.2, -0.15) is 9.78 Å². The Hall–Kier alpha value is -3.27. The fourth-order valence-corrected chi connectivity index (χ4v) is 3.64. The highest BCUT2D eigenvalue weighted by Gasteiger charge is 2.28. The van der Waals surface area contributed by atoms with Crippen LogP contribution in [0.5, 0.6) is 0 Å². The number of nitrogens with one attached hydrogen (secondary N) is 1. The highest BCUT2D eigenvalue weighted by Crippen LogP contribution is 2.26. The monoisotopic (exact) mass is 448 g/mol. The summed E-state index contributed by atoms with van der Waals surface area (Å²) in [5.74, 6) is -1.13. The smallest absolute Gasteiger partial charge is 0.358 e. The van der Waals surface area contributed by atoms with E-state index >= 15 is 0 Å². The molecule has 1 amide bonds. The van der Waals surface area contributed by atoms with Crippen molar-refractivity contribution in [1.82, 2.24) is 19.6 Å². The number of benzene rings is 1. The molecule has 3 rings (SSSR count). The second-order valence-corrected chi connectivity index (χ2v) is 7.57. The van der Waals surface area contributed by atoms with E-state index in [4.69, 9.17) is 11.6 Å². The molecule has 0 aliphatic heterocycles. The lowest BCUT2D eigenvalue weighted by molar-refractivity contribution is -0.389. The summed E-state index contributed by atoms with van der Waals surface area (Å²) in [5, 5.41) is 22.5. The third-order valence-electron chi connectivity index (χ3n) is 5.08. The molecule has 1 aromatic carbocycles. The van der Waals surface area contributed by atoms with Crippen LogP contribution in [0.1, 0.15) is 42.0 Å². The van der Waals surface area contributed by atoms with Crippen molar-refractivity contribution in [2.24, 2.45) is 0 Å². The van der Waals surface area contributed by atoms with E-state index in [9.17, 15) is 19.3 Å². The van der Waals surface area contributed by atoms with Gasteiger partial charge in [0.05, 0.1) is 40.5 Å². The van der Waals surface area contributed by atoms with Crippen LogP contribution in [0.3, 0.4) is 0 Å². The number of hydrogen-bond donors (Lipinski definition) is 1. The van der Waals surface area contributed by atoms with E-state index in [1.54, 1.807) is 38.4 Å². The van der Waals surface area contributed by atoms with Crippen LogP contribution in [-0.4, -0.2) is 30.4 Å². The minimum atomic E-state index is -0.739. The first-order chi connectivity index (χ1) is 14.6. The molecule has 1 N–H and O–H groups in total. The molecule has 11 heteroatoms. The van der Waals surface area contributed by atoms with Gasteiger partial charge in [0.15, 0.2) is 6.04 Å². The van der Waals surface area contributed by atoms with Crippen LogP contribution in [0, 0.1) is 36.7 Å². The number of nitrogens with zero attached hydrogens (tertiary/aromatic N) is 5. The Morgan fingerprint density at radius 2 is 2.03 bits per heavy atom. The van der Waals surface area contributed by atoms with E-state index in [0.717, 1.165) is 0 Å². The second-order valence-electron chi connectivity index (χ2n) is 7.16. The number of aryl methyl sites for hydroxylation is 2. The van der Waals surface area contributed by atoms with Crippen molar-refractivity contribution in [2.75, 3.05) is 5.32 Å². The van der Waals surface area contributed by atoms with Gasteiger partial charge in [-0.05, 0) is 44.2 Å². The molecule has 0 saturated carbocycles. The van der Waals surface area contributed by atoms with Crippen molar-refractivity contribution in [3.63, 3.8) is 0 Å². The Kier molecular flexibility index (Phi) is 6.40. The molecule has 1 unspecified atom stereocenters. The molecule has 0 aliphatic rings. The van der Waals surface area contributed by atoms with Crippen molar-refractivity contribution in [3.05, 3.63) is 67.9 Å². The summed E-state index contributed by atoms with van der Waals surface area (Å²) < 4.78 is 17.1. The van der Waals surface area contributed by atoms with Gasteiger partial charge in [0.2, 0.25) is 0 Å². The maximum Gasteiger partial charge on any atom is 0.390 e. The van der Waals surface area contributed by atoms with Gasteiger partial charge in [0, 0.05) is 10.6 Å². The summed E-state index contributed by atoms with van der Waals surface area (Å²) in [6.45, 7) is 7.04. The highest BCUT2D eigenvalue weighted by molar-refractivity contribution is 6.31. The Bertz CT molecular complexity index is 1140. The van der Waals surface area contributed by atoms with Crippen LogP contribution in [0.2, 0.25) is 5.02 Å². The summed E-state index contributed by atoms with van der Waals surface area (Å²) in [5.41, 5.74) is 2.49. The molecule has 0 bridgehead atoms. The SMILES string of the molecule is CCC(C(=O)Nc1c(C)nn(Cc2c(F)cccc2Cl)c1C)n1nc([N+](=O)[O-])cc1C. The van der Waals surface area contributed by atoms with Crippen molar-refractivity contribution in [3.8, 4) is 0 Å². The molecular formula is C20H22ClFN6O3. The van der Waals surface area contributed by atoms with Crippen LogP contribution in [0.25, 0.3) is 0 Å². The van der Waals surface area contributed by atoms with E-state index in [-0.39, 0.29) is 18.3 Å². The number of carbonyl (C=O) groups excluding carboxylic acids is 1. The fourth-order valence-electron chi connectivity index (χ4n) is 3.42. The molecule has 0 fully saturated rings. The predicted octanol–water partition coefficient (Wildman–Crippen LogP) is 4.34. The number of hydrogen-bond acceptors (Lipinski definition) is 5. The van der Waals surface area contributed by atoms with Gasteiger partial charge < -0.3 is 15.4 Å². The van der Waals surface area contributed by atoms with Crippen molar-refractivity contribution in [2.45, 2.75) is 46.7 Å². The molecule has 31 heavy (non-hydrogen) atoms. The van der Waals surface area contributed by atoms with E-state index in [0.29, 0.717) is 39.8 Å². The van der Waals surface area contributed by atoms with Gasteiger partial charge in [-0.3, -0.25) is 9.48 Å². The Labute approximate surface area is 183 Å². The largest absolute Gasteiger partial charge is 0.390 e. The van der Waals surface area contributed by atoms with Crippen LogP contribution >= 0.6 is 11.6 Å². The Morgan fingerprint density at radius 1 is 1.32 bits per heavy atom. The first-order valence-corrected chi connectivity index (χ1v) is 10.00. The van der Waals surface area contributed by atoms with Crippen LogP contribution in [0.4, 0.5) is 15.9 Å². The molecule has 0 spiro atoms. The van der Waals surface area contributed by atoms with E-state index in [1.165, 1.54) is 22.9 Å². The van der Waals surface area contributed by atoms with E-state index in [1.807, 2.05) is 0 Å². The zero-order valence-corrected chi connectivity index (χ0v) is 18.3. The maximum absolute atomic E-state index is 14.2. The number of aromatic nitrogens is 4. The van der Waals surface area contributed by atoms with Gasteiger partial charge in [-0.15, -0.1) is 0 Å². The summed E-state index contributed by atoms with van der Waals surface area (Å²) in [4.78, 5) is 23.4. The normalized spacial score (nSPS) is 12.1. The minimum absolute atomic E-state index is 0.107. The summed E-state index contributed by atoms with van der Waals surface area (Å²) >= 11 is 6.12. The van der Waals surface area contributed by atoms with Crippen LogP contribution in [-0.2, 0) is 11.3 Å². The zero-order chi connectivity index (χ0) is 22.9. The molecule has 0 aliphatic carbocycles. The zero-order valence-electron chi connectivity index (χ0n) is 17.5.